The summed E-state index contributed by atoms with van der Waals surface area (Å²) in [6.07, 6.45) is 0.646. The van der Waals surface area contributed by atoms with Gasteiger partial charge in [0.25, 0.3) is 11.7 Å². The van der Waals surface area contributed by atoms with Gasteiger partial charge in [-0.1, -0.05) is 12.1 Å². The fourth-order valence-electron chi connectivity index (χ4n) is 4.05. The molecule has 1 aliphatic rings. The molecule has 1 fully saturated rings. The Bertz CT molecular complexity index is 1100. The first-order valence-corrected chi connectivity index (χ1v) is 11.5. The van der Waals surface area contributed by atoms with E-state index in [0.29, 0.717) is 35.4 Å². The third-order valence-electron chi connectivity index (χ3n) is 5.69. The van der Waals surface area contributed by atoms with Gasteiger partial charge in [-0.15, -0.1) is 0 Å². The third-order valence-corrected chi connectivity index (χ3v) is 5.69. The fourth-order valence-corrected chi connectivity index (χ4v) is 4.05. The Balaban J connectivity index is 2.05. The first kappa shape index (κ1) is 26.0. The van der Waals surface area contributed by atoms with Crippen LogP contribution in [0.3, 0.4) is 0 Å². The van der Waals surface area contributed by atoms with E-state index >= 15 is 0 Å². The van der Waals surface area contributed by atoms with Gasteiger partial charge in [-0.2, -0.15) is 0 Å². The number of amides is 1. The second-order valence-corrected chi connectivity index (χ2v) is 8.95. The molecular weight excluding hydrogens is 448 g/mol. The van der Waals surface area contributed by atoms with Gasteiger partial charge >= 0.3 is 5.97 Å². The Morgan fingerprint density at radius 2 is 1.63 bits per heavy atom. The van der Waals surface area contributed by atoms with Gasteiger partial charge in [-0.3, -0.25) is 9.59 Å². The number of esters is 1. The average Bonchev–Trinajstić information content (AvgIpc) is 3.08. The molecule has 2 aromatic rings. The summed E-state index contributed by atoms with van der Waals surface area (Å²) in [6, 6.07) is 12.5. The van der Waals surface area contributed by atoms with Gasteiger partial charge in [0.15, 0.2) is 0 Å². The van der Waals surface area contributed by atoms with Crippen LogP contribution in [0.2, 0.25) is 0 Å². The standard InChI is InChI=1S/C27H32N2O6/c1-17(2)35-21-13-11-19(12-14-21)24(30)22-23(18-7-9-20(10-8-18)27(33)34-5)29(26(32)25(22)31)16-6-15-28(3)4/h7-14,17,23,30H,6,15-16H2,1-5H3. The highest BCUT2D eigenvalue weighted by atomic mass is 16.5. The largest absolute Gasteiger partial charge is 0.507 e. The molecule has 0 aromatic heterocycles. The Morgan fingerprint density at radius 3 is 2.17 bits per heavy atom. The van der Waals surface area contributed by atoms with Crippen molar-refractivity contribution in [1.82, 2.24) is 9.80 Å². The van der Waals surface area contributed by atoms with Crippen LogP contribution < -0.4 is 4.74 Å². The van der Waals surface area contributed by atoms with Gasteiger partial charge in [0.1, 0.15) is 11.5 Å². The monoisotopic (exact) mass is 480 g/mol. The lowest BCUT2D eigenvalue weighted by molar-refractivity contribution is -0.139. The van der Waals surface area contributed by atoms with Gasteiger partial charge in [0.2, 0.25) is 0 Å². The van der Waals surface area contributed by atoms with E-state index in [2.05, 4.69) is 0 Å². The van der Waals surface area contributed by atoms with Crippen molar-refractivity contribution in [3.8, 4) is 5.75 Å². The summed E-state index contributed by atoms with van der Waals surface area (Å²) in [5.41, 5.74) is 1.39. The minimum atomic E-state index is -0.782. The molecule has 0 aliphatic carbocycles. The van der Waals surface area contributed by atoms with Crippen LogP contribution in [-0.4, -0.2) is 73.0 Å². The summed E-state index contributed by atoms with van der Waals surface area (Å²) in [7, 11) is 5.17. The molecular formula is C27H32N2O6. The predicted molar refractivity (Wildman–Crippen MR) is 132 cm³/mol. The zero-order valence-electron chi connectivity index (χ0n) is 20.8. The number of carbonyl (C=O) groups excluding carboxylic acids is 3. The molecule has 0 spiro atoms. The van der Waals surface area contributed by atoms with Crippen LogP contribution in [0.5, 0.6) is 5.75 Å². The normalized spacial score (nSPS) is 17.3. The van der Waals surface area contributed by atoms with Gasteiger partial charge in [0, 0.05) is 12.1 Å². The molecule has 1 saturated heterocycles. The molecule has 1 N–H and O–H groups in total. The number of hydrogen-bond acceptors (Lipinski definition) is 7. The molecule has 35 heavy (non-hydrogen) atoms. The lowest BCUT2D eigenvalue weighted by Crippen LogP contribution is -2.32. The number of ether oxygens (including phenoxy) is 2. The maximum absolute atomic E-state index is 13.1. The number of carbonyl (C=O) groups is 3. The number of nitrogens with zero attached hydrogens (tertiary/aromatic N) is 2. The molecule has 0 saturated carbocycles. The van der Waals surface area contributed by atoms with Crippen LogP contribution in [0.25, 0.3) is 5.76 Å². The number of benzene rings is 2. The van der Waals surface area contributed by atoms with Crippen LogP contribution in [0.4, 0.5) is 0 Å². The Labute approximate surface area is 205 Å². The van der Waals surface area contributed by atoms with Crippen LogP contribution in [0, 0.1) is 0 Å². The molecule has 1 heterocycles. The second-order valence-electron chi connectivity index (χ2n) is 8.95. The summed E-state index contributed by atoms with van der Waals surface area (Å²) in [5.74, 6) is -1.50. The van der Waals surface area contributed by atoms with Gasteiger partial charge in [-0.05, 0) is 82.9 Å². The van der Waals surface area contributed by atoms with E-state index in [-0.39, 0.29) is 17.4 Å². The van der Waals surface area contributed by atoms with Crippen molar-refractivity contribution in [2.45, 2.75) is 32.4 Å². The number of ketones is 1. The SMILES string of the molecule is COC(=O)c1ccc(C2C(=C(O)c3ccc(OC(C)C)cc3)C(=O)C(=O)N2CCCN(C)C)cc1. The van der Waals surface area contributed by atoms with Crippen molar-refractivity contribution >= 4 is 23.4 Å². The van der Waals surface area contributed by atoms with Crippen LogP contribution in [0.15, 0.2) is 54.1 Å². The number of aliphatic hydroxyl groups is 1. The van der Waals surface area contributed by atoms with Crippen LogP contribution in [0.1, 0.15) is 47.8 Å². The van der Waals surface area contributed by atoms with Gasteiger partial charge in [0.05, 0.1) is 30.4 Å². The van der Waals surface area contributed by atoms with Gasteiger partial charge in [-0.25, -0.2) is 4.79 Å². The lowest BCUT2D eigenvalue weighted by atomic mass is 9.94. The topological polar surface area (TPSA) is 96.4 Å². The minimum absolute atomic E-state index is 0.00472. The molecule has 1 atom stereocenters. The number of aliphatic hydroxyl groups excluding tert-OH is 1. The Kier molecular flexibility index (Phi) is 8.30. The average molecular weight is 481 g/mol. The van der Waals surface area contributed by atoms with Crippen LogP contribution >= 0.6 is 0 Å². The van der Waals surface area contributed by atoms with E-state index in [1.54, 1.807) is 48.5 Å². The summed E-state index contributed by atoms with van der Waals surface area (Å²) < 4.78 is 10.4. The number of rotatable bonds is 9. The molecule has 0 bridgehead atoms. The number of likely N-dealkylation sites (tertiary alicyclic amines) is 1. The van der Waals surface area contributed by atoms with Crippen molar-refractivity contribution in [2.24, 2.45) is 0 Å². The minimum Gasteiger partial charge on any atom is -0.507 e. The van der Waals surface area contributed by atoms with Crippen molar-refractivity contribution < 1.29 is 29.0 Å². The summed E-state index contributed by atoms with van der Waals surface area (Å²) in [4.78, 5) is 41.5. The van der Waals surface area contributed by atoms with Gasteiger partial charge < -0.3 is 24.4 Å². The van der Waals surface area contributed by atoms with Crippen molar-refractivity contribution in [1.29, 1.82) is 0 Å². The molecule has 0 radical (unpaired) electrons. The number of methoxy groups -OCH3 is 1. The number of Topliss-reactive ketones (excluding diaryl/α,β-unsaturated/α-hetero) is 1. The molecule has 1 unspecified atom stereocenters. The predicted octanol–water partition coefficient (Wildman–Crippen LogP) is 3.63. The zero-order valence-corrected chi connectivity index (χ0v) is 20.8. The van der Waals surface area contributed by atoms with Crippen LogP contribution in [-0.2, 0) is 14.3 Å². The molecule has 8 heteroatoms. The highest BCUT2D eigenvalue weighted by molar-refractivity contribution is 6.46. The smallest absolute Gasteiger partial charge is 0.337 e. The molecule has 1 amide bonds. The Morgan fingerprint density at radius 1 is 1.03 bits per heavy atom. The third kappa shape index (κ3) is 5.89. The molecule has 3 rings (SSSR count). The maximum Gasteiger partial charge on any atom is 0.337 e. The second kappa shape index (κ2) is 11.2. The number of hydrogen-bond donors (Lipinski definition) is 1. The molecule has 186 valence electrons. The summed E-state index contributed by atoms with van der Waals surface area (Å²) >= 11 is 0. The quantitative estimate of drug-likeness (QED) is 0.253. The molecule has 1 aliphatic heterocycles. The summed E-state index contributed by atoms with van der Waals surface area (Å²) in [6.45, 7) is 4.90. The fraction of sp³-hybridized carbons (Fsp3) is 0.370. The van der Waals surface area contributed by atoms with Crippen molar-refractivity contribution in [3.63, 3.8) is 0 Å². The van der Waals surface area contributed by atoms with E-state index in [1.165, 1.54) is 12.0 Å². The highest BCUT2D eigenvalue weighted by Crippen LogP contribution is 2.39. The van der Waals surface area contributed by atoms with E-state index in [0.717, 1.165) is 6.54 Å². The van der Waals surface area contributed by atoms with E-state index in [4.69, 9.17) is 9.47 Å². The van der Waals surface area contributed by atoms with E-state index in [9.17, 15) is 19.5 Å². The maximum atomic E-state index is 13.1. The highest BCUT2D eigenvalue weighted by Gasteiger charge is 2.45. The Hall–Kier alpha value is -3.65. The van der Waals surface area contributed by atoms with E-state index < -0.39 is 23.7 Å². The van der Waals surface area contributed by atoms with Crippen molar-refractivity contribution in [2.75, 3.05) is 34.3 Å². The summed E-state index contributed by atoms with van der Waals surface area (Å²) in [5, 5.41) is 11.2. The first-order valence-electron chi connectivity index (χ1n) is 11.5. The zero-order chi connectivity index (χ0) is 25.7. The van der Waals surface area contributed by atoms with E-state index in [1.807, 2.05) is 32.8 Å². The molecule has 2 aromatic carbocycles. The van der Waals surface area contributed by atoms with Crippen molar-refractivity contribution in [3.05, 3.63) is 70.8 Å². The molecule has 8 nitrogen and oxygen atoms in total. The lowest BCUT2D eigenvalue weighted by Gasteiger charge is -2.26. The first-order chi connectivity index (χ1) is 16.6.